The van der Waals surface area contributed by atoms with Crippen molar-refractivity contribution in [1.29, 1.82) is 0 Å². The molecular weight excluding hydrogens is 259 g/mol. The first kappa shape index (κ1) is 14.5. The third kappa shape index (κ3) is 3.81. The summed E-state index contributed by atoms with van der Waals surface area (Å²) in [5, 5.41) is 7.22. The summed E-state index contributed by atoms with van der Waals surface area (Å²) in [5.41, 5.74) is 1.88. The second-order valence-electron chi connectivity index (χ2n) is 4.59. The summed E-state index contributed by atoms with van der Waals surface area (Å²) in [6, 6.07) is 6.47. The first-order valence-corrected chi connectivity index (χ1v) is 6.70. The maximum atomic E-state index is 13.1. The van der Waals surface area contributed by atoms with Crippen LogP contribution in [0.25, 0.3) is 0 Å². The average molecular weight is 278 g/mol. The van der Waals surface area contributed by atoms with Crippen LogP contribution in [0.15, 0.2) is 28.8 Å². The molecule has 0 saturated heterocycles. The molecule has 1 aromatic heterocycles. The molecule has 4 nitrogen and oxygen atoms in total. The summed E-state index contributed by atoms with van der Waals surface area (Å²) >= 11 is 0. The lowest BCUT2D eigenvalue weighted by atomic mass is 10.2. The van der Waals surface area contributed by atoms with E-state index in [1.807, 2.05) is 6.07 Å². The maximum absolute atomic E-state index is 13.1. The number of hydrogen-bond acceptors (Lipinski definition) is 4. The Labute approximate surface area is 117 Å². The number of rotatable bonds is 7. The second kappa shape index (κ2) is 7.05. The number of benzene rings is 1. The number of halogens is 1. The Hall–Kier alpha value is -1.88. The normalized spacial score (nSPS) is 10.8. The van der Waals surface area contributed by atoms with Gasteiger partial charge in [-0.25, -0.2) is 4.39 Å². The quantitative estimate of drug-likeness (QED) is 0.845. The highest BCUT2D eigenvalue weighted by molar-refractivity contribution is 5.33. The molecule has 0 spiro atoms. The minimum absolute atomic E-state index is 0.301. The summed E-state index contributed by atoms with van der Waals surface area (Å²) in [7, 11) is 1.53. The third-order valence-electron chi connectivity index (χ3n) is 2.98. The van der Waals surface area contributed by atoms with Gasteiger partial charge in [0.2, 0.25) is 0 Å². The van der Waals surface area contributed by atoms with Gasteiger partial charge in [0.25, 0.3) is 0 Å². The molecule has 2 rings (SSSR count). The largest absolute Gasteiger partial charge is 0.496 e. The van der Waals surface area contributed by atoms with Gasteiger partial charge in [-0.05, 0) is 12.5 Å². The van der Waals surface area contributed by atoms with Crippen molar-refractivity contribution < 1.29 is 13.7 Å². The van der Waals surface area contributed by atoms with E-state index in [4.69, 9.17) is 9.26 Å². The number of aromatic nitrogens is 1. The fourth-order valence-electron chi connectivity index (χ4n) is 2.00. The molecule has 20 heavy (non-hydrogen) atoms. The van der Waals surface area contributed by atoms with Gasteiger partial charge >= 0.3 is 0 Å². The number of nitrogens with one attached hydrogen (secondary N) is 1. The van der Waals surface area contributed by atoms with Crippen LogP contribution in [0.3, 0.4) is 0 Å². The Bertz CT molecular complexity index is 555. The number of ether oxygens (including phenoxy) is 1. The second-order valence-corrected chi connectivity index (χ2v) is 4.59. The summed E-state index contributed by atoms with van der Waals surface area (Å²) in [4.78, 5) is 0. The van der Waals surface area contributed by atoms with E-state index in [-0.39, 0.29) is 5.82 Å². The Balaban J connectivity index is 1.89. The van der Waals surface area contributed by atoms with Crippen LogP contribution in [-0.4, -0.2) is 12.3 Å². The smallest absolute Gasteiger partial charge is 0.150 e. The fraction of sp³-hybridized carbons (Fsp3) is 0.400. The Morgan fingerprint density at radius 3 is 2.90 bits per heavy atom. The van der Waals surface area contributed by atoms with Crippen LogP contribution in [0.5, 0.6) is 5.75 Å². The monoisotopic (exact) mass is 278 g/mol. The van der Waals surface area contributed by atoms with Gasteiger partial charge in [0.15, 0.2) is 5.76 Å². The predicted molar refractivity (Wildman–Crippen MR) is 74.0 cm³/mol. The summed E-state index contributed by atoms with van der Waals surface area (Å²) in [5.74, 6) is 1.04. The van der Waals surface area contributed by atoms with Crippen LogP contribution in [0.2, 0.25) is 0 Å². The minimum Gasteiger partial charge on any atom is -0.496 e. The van der Waals surface area contributed by atoms with E-state index in [0.717, 1.165) is 29.9 Å². The zero-order valence-corrected chi connectivity index (χ0v) is 11.8. The first-order chi connectivity index (χ1) is 9.72. The van der Waals surface area contributed by atoms with Crippen molar-refractivity contribution >= 4 is 0 Å². The summed E-state index contributed by atoms with van der Waals surface area (Å²) < 4.78 is 23.4. The molecular formula is C15H19FN2O2. The zero-order chi connectivity index (χ0) is 14.4. The first-order valence-electron chi connectivity index (χ1n) is 6.70. The molecule has 2 aromatic rings. The predicted octanol–water partition coefficient (Wildman–Crippen LogP) is 3.06. The molecule has 5 heteroatoms. The van der Waals surface area contributed by atoms with Crippen molar-refractivity contribution in [3.05, 3.63) is 47.1 Å². The van der Waals surface area contributed by atoms with Crippen molar-refractivity contribution in [1.82, 2.24) is 10.5 Å². The van der Waals surface area contributed by atoms with Crippen LogP contribution < -0.4 is 10.1 Å². The Kier molecular flexibility index (Phi) is 5.12. The number of aryl methyl sites for hydroxylation is 1. The molecule has 0 saturated carbocycles. The lowest BCUT2D eigenvalue weighted by Gasteiger charge is -2.08. The highest BCUT2D eigenvalue weighted by atomic mass is 19.1. The van der Waals surface area contributed by atoms with Crippen LogP contribution in [0.4, 0.5) is 4.39 Å². The number of hydrogen-bond donors (Lipinski definition) is 1. The van der Waals surface area contributed by atoms with Crippen molar-refractivity contribution in [2.75, 3.05) is 7.11 Å². The highest BCUT2D eigenvalue weighted by Gasteiger charge is 2.06. The van der Waals surface area contributed by atoms with Crippen molar-refractivity contribution in [3.8, 4) is 5.75 Å². The van der Waals surface area contributed by atoms with Crippen LogP contribution in [-0.2, 0) is 19.5 Å². The van der Waals surface area contributed by atoms with Gasteiger partial charge in [0.05, 0.1) is 19.3 Å². The lowest BCUT2D eigenvalue weighted by molar-refractivity contribution is 0.365. The molecule has 0 aliphatic carbocycles. The molecule has 108 valence electrons. The Morgan fingerprint density at radius 2 is 2.15 bits per heavy atom. The van der Waals surface area contributed by atoms with Crippen LogP contribution >= 0.6 is 0 Å². The number of nitrogens with zero attached hydrogens (tertiary/aromatic N) is 1. The minimum atomic E-state index is -0.301. The molecule has 0 unspecified atom stereocenters. The molecule has 1 heterocycles. The SMILES string of the molecule is CCCc1cc(CNCc2ccc(F)cc2OC)on1. The molecule has 0 fully saturated rings. The van der Waals surface area contributed by atoms with E-state index in [1.54, 1.807) is 6.07 Å². The van der Waals surface area contributed by atoms with Gasteiger partial charge in [-0.1, -0.05) is 24.6 Å². The molecule has 1 N–H and O–H groups in total. The van der Waals surface area contributed by atoms with Gasteiger partial charge in [0, 0.05) is 24.2 Å². The average Bonchev–Trinajstić information content (AvgIpc) is 2.88. The molecule has 0 bridgehead atoms. The molecule has 0 aliphatic rings. The van der Waals surface area contributed by atoms with E-state index in [1.165, 1.54) is 19.2 Å². The van der Waals surface area contributed by atoms with Gasteiger partial charge in [-0.15, -0.1) is 0 Å². The van der Waals surface area contributed by atoms with E-state index in [2.05, 4.69) is 17.4 Å². The Morgan fingerprint density at radius 1 is 1.30 bits per heavy atom. The zero-order valence-electron chi connectivity index (χ0n) is 11.8. The highest BCUT2D eigenvalue weighted by Crippen LogP contribution is 2.19. The van der Waals surface area contributed by atoms with E-state index < -0.39 is 0 Å². The van der Waals surface area contributed by atoms with E-state index in [9.17, 15) is 4.39 Å². The summed E-state index contributed by atoms with van der Waals surface area (Å²) in [6.07, 6.45) is 1.97. The molecule has 0 atom stereocenters. The van der Waals surface area contributed by atoms with E-state index in [0.29, 0.717) is 18.8 Å². The van der Waals surface area contributed by atoms with Crippen molar-refractivity contribution in [2.45, 2.75) is 32.9 Å². The third-order valence-corrected chi connectivity index (χ3v) is 2.98. The van der Waals surface area contributed by atoms with Gasteiger partial charge in [-0.3, -0.25) is 0 Å². The topological polar surface area (TPSA) is 47.3 Å². The number of methoxy groups -OCH3 is 1. The fourth-order valence-corrected chi connectivity index (χ4v) is 2.00. The van der Waals surface area contributed by atoms with Crippen LogP contribution in [0, 0.1) is 5.82 Å². The molecule has 0 radical (unpaired) electrons. The van der Waals surface area contributed by atoms with Gasteiger partial charge < -0.3 is 14.6 Å². The van der Waals surface area contributed by atoms with Crippen molar-refractivity contribution in [2.24, 2.45) is 0 Å². The standard InChI is InChI=1S/C15H19FN2O2/c1-3-4-13-8-14(20-18-13)10-17-9-11-5-6-12(16)7-15(11)19-2/h5-8,17H,3-4,9-10H2,1-2H3. The maximum Gasteiger partial charge on any atom is 0.150 e. The van der Waals surface area contributed by atoms with Gasteiger partial charge in [-0.2, -0.15) is 0 Å². The molecule has 0 amide bonds. The summed E-state index contributed by atoms with van der Waals surface area (Å²) in [6.45, 7) is 3.26. The van der Waals surface area contributed by atoms with Gasteiger partial charge in [0.1, 0.15) is 11.6 Å². The van der Waals surface area contributed by atoms with Crippen LogP contribution in [0.1, 0.15) is 30.4 Å². The molecule has 0 aliphatic heterocycles. The molecule has 1 aromatic carbocycles. The lowest BCUT2D eigenvalue weighted by Crippen LogP contribution is -2.13. The van der Waals surface area contributed by atoms with Crippen molar-refractivity contribution in [3.63, 3.8) is 0 Å². The van der Waals surface area contributed by atoms with E-state index >= 15 is 0 Å².